The van der Waals surface area contributed by atoms with Crippen molar-refractivity contribution in [1.29, 1.82) is 0 Å². The molecule has 28 heavy (non-hydrogen) atoms. The van der Waals surface area contributed by atoms with Gasteiger partial charge in [-0.3, -0.25) is 14.6 Å². The van der Waals surface area contributed by atoms with E-state index in [1.165, 1.54) is 12.3 Å². The Bertz CT molecular complexity index is 1010. The molecule has 1 heterocycles. The molecule has 142 valence electrons. The Morgan fingerprint density at radius 1 is 0.964 bits per heavy atom. The SMILES string of the molecule is CC(NC(=O)c1cccc(NC(=O)c2cccnc2)c1)c1cc(F)ccc1F. The van der Waals surface area contributed by atoms with E-state index in [0.717, 1.165) is 18.2 Å². The van der Waals surface area contributed by atoms with Gasteiger partial charge in [-0.1, -0.05) is 6.07 Å². The molecule has 3 rings (SSSR count). The van der Waals surface area contributed by atoms with E-state index in [1.54, 1.807) is 43.5 Å². The summed E-state index contributed by atoms with van der Waals surface area (Å²) in [6.07, 6.45) is 2.99. The van der Waals surface area contributed by atoms with Crippen molar-refractivity contribution in [2.24, 2.45) is 0 Å². The monoisotopic (exact) mass is 381 g/mol. The fourth-order valence-corrected chi connectivity index (χ4v) is 2.64. The fraction of sp³-hybridized carbons (Fsp3) is 0.0952. The number of rotatable bonds is 5. The van der Waals surface area contributed by atoms with Crippen LogP contribution in [0.25, 0.3) is 0 Å². The molecule has 2 amide bonds. The minimum absolute atomic E-state index is 0.0504. The van der Waals surface area contributed by atoms with E-state index in [4.69, 9.17) is 0 Å². The van der Waals surface area contributed by atoms with Gasteiger partial charge in [0.05, 0.1) is 11.6 Å². The summed E-state index contributed by atoms with van der Waals surface area (Å²) in [6.45, 7) is 1.56. The molecule has 0 aliphatic rings. The van der Waals surface area contributed by atoms with Crippen LogP contribution in [0.4, 0.5) is 14.5 Å². The van der Waals surface area contributed by atoms with E-state index < -0.39 is 23.6 Å². The van der Waals surface area contributed by atoms with Crippen LogP contribution in [0.5, 0.6) is 0 Å². The van der Waals surface area contributed by atoms with Crippen molar-refractivity contribution >= 4 is 17.5 Å². The standard InChI is InChI=1S/C21H17F2N3O2/c1-13(18-11-16(22)7-8-19(18)23)25-20(27)14-4-2-6-17(10-14)26-21(28)15-5-3-9-24-12-15/h2-13H,1H3,(H,25,27)(H,26,28). The Hall–Kier alpha value is -3.61. The van der Waals surface area contributed by atoms with Crippen molar-refractivity contribution in [3.63, 3.8) is 0 Å². The summed E-state index contributed by atoms with van der Waals surface area (Å²) in [5.74, 6) is -2.03. The quantitative estimate of drug-likeness (QED) is 0.699. The molecule has 0 bridgehead atoms. The predicted molar refractivity (Wildman–Crippen MR) is 101 cm³/mol. The lowest BCUT2D eigenvalue weighted by molar-refractivity contribution is 0.0938. The third-order valence-electron chi connectivity index (χ3n) is 4.08. The van der Waals surface area contributed by atoms with Crippen molar-refractivity contribution in [1.82, 2.24) is 10.3 Å². The number of nitrogens with zero attached hydrogens (tertiary/aromatic N) is 1. The van der Waals surface area contributed by atoms with Crippen LogP contribution in [0.3, 0.4) is 0 Å². The number of hydrogen-bond donors (Lipinski definition) is 2. The van der Waals surface area contributed by atoms with Crippen LogP contribution < -0.4 is 10.6 Å². The molecule has 0 saturated heterocycles. The van der Waals surface area contributed by atoms with E-state index in [-0.39, 0.29) is 17.0 Å². The summed E-state index contributed by atoms with van der Waals surface area (Å²) in [5, 5.41) is 5.31. The fourth-order valence-electron chi connectivity index (χ4n) is 2.64. The minimum atomic E-state index is -0.739. The first-order chi connectivity index (χ1) is 13.4. The molecule has 0 spiro atoms. The maximum absolute atomic E-state index is 13.9. The molecule has 1 unspecified atom stereocenters. The van der Waals surface area contributed by atoms with Crippen LogP contribution in [-0.4, -0.2) is 16.8 Å². The lowest BCUT2D eigenvalue weighted by atomic mass is 10.1. The Balaban J connectivity index is 1.71. The van der Waals surface area contributed by atoms with Gasteiger partial charge in [-0.2, -0.15) is 0 Å². The lowest BCUT2D eigenvalue weighted by Crippen LogP contribution is -2.27. The highest BCUT2D eigenvalue weighted by atomic mass is 19.1. The maximum atomic E-state index is 13.9. The van der Waals surface area contributed by atoms with Gasteiger partial charge in [0.1, 0.15) is 11.6 Å². The number of pyridine rings is 1. The van der Waals surface area contributed by atoms with Crippen LogP contribution in [0.1, 0.15) is 39.2 Å². The topological polar surface area (TPSA) is 71.1 Å². The second kappa shape index (κ2) is 8.39. The number of carbonyl (C=O) groups excluding carboxylic acids is 2. The highest BCUT2D eigenvalue weighted by Crippen LogP contribution is 2.19. The van der Waals surface area contributed by atoms with Gasteiger partial charge in [0.15, 0.2) is 0 Å². The average Bonchev–Trinajstić information content (AvgIpc) is 2.70. The van der Waals surface area contributed by atoms with E-state index in [2.05, 4.69) is 15.6 Å². The number of anilines is 1. The molecule has 2 aromatic carbocycles. The van der Waals surface area contributed by atoms with Gasteiger partial charge in [0, 0.05) is 29.2 Å². The first-order valence-electron chi connectivity index (χ1n) is 8.51. The van der Waals surface area contributed by atoms with Crippen LogP contribution in [0.15, 0.2) is 67.0 Å². The second-order valence-corrected chi connectivity index (χ2v) is 6.14. The number of hydrogen-bond acceptors (Lipinski definition) is 3. The third-order valence-corrected chi connectivity index (χ3v) is 4.08. The van der Waals surface area contributed by atoms with Crippen LogP contribution in [0, 0.1) is 11.6 Å². The summed E-state index contributed by atoms with van der Waals surface area (Å²) in [5.41, 5.74) is 1.13. The highest BCUT2D eigenvalue weighted by Gasteiger charge is 2.16. The summed E-state index contributed by atoms with van der Waals surface area (Å²) < 4.78 is 27.2. The average molecular weight is 381 g/mol. The largest absolute Gasteiger partial charge is 0.345 e. The molecule has 0 aliphatic carbocycles. The van der Waals surface area contributed by atoms with Gasteiger partial charge in [-0.05, 0) is 55.5 Å². The number of carbonyl (C=O) groups is 2. The van der Waals surface area contributed by atoms with Gasteiger partial charge in [-0.15, -0.1) is 0 Å². The summed E-state index contributed by atoms with van der Waals surface area (Å²) in [4.78, 5) is 28.6. The molecule has 0 radical (unpaired) electrons. The predicted octanol–water partition coefficient (Wildman–Crippen LogP) is 4.10. The molecule has 1 atom stereocenters. The van der Waals surface area contributed by atoms with Crippen molar-refractivity contribution in [3.05, 3.63) is 95.3 Å². The van der Waals surface area contributed by atoms with E-state index in [0.29, 0.717) is 11.3 Å². The van der Waals surface area contributed by atoms with Crippen LogP contribution in [-0.2, 0) is 0 Å². The Labute approximate surface area is 160 Å². The smallest absolute Gasteiger partial charge is 0.257 e. The minimum Gasteiger partial charge on any atom is -0.345 e. The maximum Gasteiger partial charge on any atom is 0.257 e. The molecule has 0 fully saturated rings. The molecule has 7 heteroatoms. The van der Waals surface area contributed by atoms with Gasteiger partial charge in [0.2, 0.25) is 0 Å². The molecule has 5 nitrogen and oxygen atoms in total. The summed E-state index contributed by atoms with van der Waals surface area (Å²) in [6, 6.07) is 11.9. The van der Waals surface area contributed by atoms with E-state index in [9.17, 15) is 18.4 Å². The zero-order valence-corrected chi connectivity index (χ0v) is 14.9. The van der Waals surface area contributed by atoms with E-state index >= 15 is 0 Å². The number of amides is 2. The molecule has 2 N–H and O–H groups in total. The van der Waals surface area contributed by atoms with Crippen molar-refractivity contribution in [2.75, 3.05) is 5.32 Å². The number of benzene rings is 2. The molecule has 0 saturated carbocycles. The zero-order valence-electron chi connectivity index (χ0n) is 14.9. The second-order valence-electron chi connectivity index (χ2n) is 6.14. The molecular formula is C21H17F2N3O2. The first-order valence-corrected chi connectivity index (χ1v) is 8.51. The summed E-state index contributed by atoms with van der Waals surface area (Å²) >= 11 is 0. The van der Waals surface area contributed by atoms with Gasteiger partial charge >= 0.3 is 0 Å². The van der Waals surface area contributed by atoms with Crippen LogP contribution in [0.2, 0.25) is 0 Å². The van der Waals surface area contributed by atoms with Gasteiger partial charge in [-0.25, -0.2) is 8.78 Å². The van der Waals surface area contributed by atoms with Crippen molar-refractivity contribution in [2.45, 2.75) is 13.0 Å². The normalized spacial score (nSPS) is 11.5. The first kappa shape index (κ1) is 19.2. The molecular weight excluding hydrogens is 364 g/mol. The Kier molecular flexibility index (Phi) is 5.74. The van der Waals surface area contributed by atoms with Gasteiger partial charge in [0.25, 0.3) is 11.8 Å². The third kappa shape index (κ3) is 4.56. The zero-order chi connectivity index (χ0) is 20.1. The highest BCUT2D eigenvalue weighted by molar-refractivity contribution is 6.04. The number of nitrogens with one attached hydrogen (secondary N) is 2. The molecule has 0 aliphatic heterocycles. The van der Waals surface area contributed by atoms with Crippen LogP contribution >= 0.6 is 0 Å². The molecule has 1 aromatic heterocycles. The number of halogens is 2. The van der Waals surface area contributed by atoms with Crippen molar-refractivity contribution < 1.29 is 18.4 Å². The van der Waals surface area contributed by atoms with Gasteiger partial charge < -0.3 is 10.6 Å². The summed E-state index contributed by atoms with van der Waals surface area (Å²) in [7, 11) is 0. The van der Waals surface area contributed by atoms with E-state index in [1.807, 2.05) is 0 Å². The Morgan fingerprint density at radius 2 is 1.75 bits per heavy atom. The Morgan fingerprint density at radius 3 is 2.50 bits per heavy atom. The van der Waals surface area contributed by atoms with Crippen molar-refractivity contribution in [3.8, 4) is 0 Å². The molecule has 3 aromatic rings. The lowest BCUT2D eigenvalue weighted by Gasteiger charge is -2.16. The number of aromatic nitrogens is 1.